The lowest BCUT2D eigenvalue weighted by atomic mass is 10.1. The van der Waals surface area contributed by atoms with Gasteiger partial charge in [0.1, 0.15) is 0 Å². The second-order valence-electron chi connectivity index (χ2n) is 5.82. The van der Waals surface area contributed by atoms with Gasteiger partial charge in [-0.25, -0.2) is 4.98 Å². The fourth-order valence-corrected chi connectivity index (χ4v) is 2.65. The Bertz CT molecular complexity index is 869. The summed E-state index contributed by atoms with van der Waals surface area (Å²) in [4.78, 5) is 21.4. The normalized spacial score (nSPS) is 14.1. The van der Waals surface area contributed by atoms with Crippen LogP contribution >= 0.6 is 0 Å². The monoisotopic (exact) mass is 308 g/mol. The zero-order chi connectivity index (χ0) is 15.8. The first kappa shape index (κ1) is 13.9. The van der Waals surface area contributed by atoms with Crippen molar-refractivity contribution in [2.24, 2.45) is 0 Å². The number of fused-ring (bicyclic) bond motifs is 1. The third kappa shape index (κ3) is 2.67. The van der Waals surface area contributed by atoms with Crippen LogP contribution in [-0.2, 0) is 6.54 Å². The number of carbonyl (C=O) groups excluding carboxylic acids is 1. The first-order valence-corrected chi connectivity index (χ1v) is 7.67. The van der Waals surface area contributed by atoms with Crippen LogP contribution in [-0.4, -0.2) is 21.0 Å². The van der Waals surface area contributed by atoms with Crippen LogP contribution < -0.4 is 5.32 Å². The molecular weight excluding hydrogens is 292 g/mol. The lowest BCUT2D eigenvalue weighted by Crippen LogP contribution is -2.24. The highest BCUT2D eigenvalue weighted by molar-refractivity contribution is 6.06. The van der Waals surface area contributed by atoms with Gasteiger partial charge in [-0.3, -0.25) is 9.78 Å². The Morgan fingerprint density at radius 1 is 1.39 bits per heavy atom. The van der Waals surface area contributed by atoms with E-state index in [1.807, 2.05) is 31.2 Å². The third-order valence-electron chi connectivity index (χ3n) is 4.03. The highest BCUT2D eigenvalue weighted by atomic mass is 16.5. The zero-order valence-corrected chi connectivity index (χ0v) is 12.7. The van der Waals surface area contributed by atoms with E-state index in [1.54, 1.807) is 6.20 Å². The molecule has 6 heteroatoms. The molecule has 0 aliphatic heterocycles. The fourth-order valence-electron chi connectivity index (χ4n) is 2.65. The maximum absolute atomic E-state index is 12.6. The minimum Gasteiger partial charge on any atom is -0.346 e. The molecule has 0 atom stereocenters. The van der Waals surface area contributed by atoms with Crippen LogP contribution in [0.4, 0.5) is 0 Å². The zero-order valence-electron chi connectivity index (χ0n) is 12.7. The van der Waals surface area contributed by atoms with E-state index in [0.717, 1.165) is 24.2 Å². The molecule has 116 valence electrons. The number of carbonyl (C=O) groups is 1. The van der Waals surface area contributed by atoms with Crippen molar-refractivity contribution in [3.8, 4) is 0 Å². The molecule has 1 amide bonds. The number of aromatic nitrogens is 3. The van der Waals surface area contributed by atoms with Gasteiger partial charge in [-0.15, -0.1) is 0 Å². The summed E-state index contributed by atoms with van der Waals surface area (Å²) >= 11 is 0. The van der Waals surface area contributed by atoms with Crippen molar-refractivity contribution in [2.75, 3.05) is 0 Å². The minimum atomic E-state index is -0.156. The number of nitrogens with one attached hydrogen (secondary N) is 1. The molecule has 1 aliphatic rings. The molecule has 0 bridgehead atoms. The van der Waals surface area contributed by atoms with Crippen LogP contribution in [0.15, 0.2) is 35.0 Å². The number of hydrogen-bond donors (Lipinski definition) is 1. The summed E-state index contributed by atoms with van der Waals surface area (Å²) in [6, 6.07) is 7.50. The molecule has 0 radical (unpaired) electrons. The van der Waals surface area contributed by atoms with E-state index >= 15 is 0 Å². The fraction of sp³-hybridized carbons (Fsp3) is 0.294. The van der Waals surface area contributed by atoms with Crippen molar-refractivity contribution in [2.45, 2.75) is 32.2 Å². The van der Waals surface area contributed by atoms with Crippen LogP contribution in [0.25, 0.3) is 11.1 Å². The minimum absolute atomic E-state index is 0.156. The summed E-state index contributed by atoms with van der Waals surface area (Å²) in [6.45, 7) is 2.20. The number of pyridine rings is 2. The maximum Gasteiger partial charge on any atom is 0.259 e. The SMILES string of the molecule is Cc1noc2nc(C3CC3)cc(C(=O)NCc3ccccn3)c12. The Morgan fingerprint density at radius 3 is 3.00 bits per heavy atom. The van der Waals surface area contributed by atoms with E-state index in [-0.39, 0.29) is 5.91 Å². The van der Waals surface area contributed by atoms with Gasteiger partial charge in [0.25, 0.3) is 11.6 Å². The number of rotatable bonds is 4. The van der Waals surface area contributed by atoms with E-state index in [0.29, 0.717) is 34.8 Å². The van der Waals surface area contributed by atoms with Gasteiger partial charge < -0.3 is 9.84 Å². The van der Waals surface area contributed by atoms with Gasteiger partial charge in [0, 0.05) is 17.8 Å². The standard InChI is InChI=1S/C17H16N4O2/c1-10-15-13(16(22)19-9-12-4-2-3-7-18-12)8-14(11-5-6-11)20-17(15)23-21-10/h2-4,7-8,11H,5-6,9H2,1H3,(H,19,22). The van der Waals surface area contributed by atoms with Crippen molar-refractivity contribution in [1.29, 1.82) is 0 Å². The second kappa shape index (κ2) is 5.46. The Hall–Kier alpha value is -2.76. The predicted octanol–water partition coefficient (Wildman–Crippen LogP) is 2.73. The van der Waals surface area contributed by atoms with Crippen molar-refractivity contribution in [3.63, 3.8) is 0 Å². The topological polar surface area (TPSA) is 80.9 Å². The molecular formula is C17H16N4O2. The molecule has 1 N–H and O–H groups in total. The molecule has 1 fully saturated rings. The average molecular weight is 308 g/mol. The van der Waals surface area contributed by atoms with E-state index in [1.165, 1.54) is 0 Å². The molecule has 0 saturated heterocycles. The van der Waals surface area contributed by atoms with Crippen LogP contribution in [0.2, 0.25) is 0 Å². The van der Waals surface area contributed by atoms with Gasteiger partial charge in [0.05, 0.1) is 28.9 Å². The summed E-state index contributed by atoms with van der Waals surface area (Å²) in [5, 5.41) is 7.55. The van der Waals surface area contributed by atoms with Crippen molar-refractivity contribution >= 4 is 17.0 Å². The van der Waals surface area contributed by atoms with Gasteiger partial charge >= 0.3 is 0 Å². The Balaban J connectivity index is 1.66. The van der Waals surface area contributed by atoms with Crippen LogP contribution in [0.3, 0.4) is 0 Å². The summed E-state index contributed by atoms with van der Waals surface area (Å²) < 4.78 is 5.27. The third-order valence-corrected chi connectivity index (χ3v) is 4.03. The van der Waals surface area contributed by atoms with Crippen LogP contribution in [0.1, 0.15) is 46.2 Å². The van der Waals surface area contributed by atoms with E-state index < -0.39 is 0 Å². The predicted molar refractivity (Wildman–Crippen MR) is 83.9 cm³/mol. The highest BCUT2D eigenvalue weighted by Crippen LogP contribution is 2.40. The van der Waals surface area contributed by atoms with Gasteiger partial charge in [-0.05, 0) is 38.0 Å². The lowest BCUT2D eigenvalue weighted by molar-refractivity contribution is 0.0952. The Labute approximate surface area is 132 Å². The summed E-state index contributed by atoms with van der Waals surface area (Å²) in [5.74, 6) is 0.281. The summed E-state index contributed by atoms with van der Waals surface area (Å²) in [6.07, 6.45) is 3.93. The largest absolute Gasteiger partial charge is 0.346 e. The number of hydrogen-bond acceptors (Lipinski definition) is 5. The highest BCUT2D eigenvalue weighted by Gasteiger charge is 2.28. The van der Waals surface area contributed by atoms with Gasteiger partial charge in [-0.1, -0.05) is 11.2 Å². The van der Waals surface area contributed by atoms with Crippen LogP contribution in [0.5, 0.6) is 0 Å². The van der Waals surface area contributed by atoms with E-state index in [2.05, 4.69) is 20.4 Å². The molecule has 3 heterocycles. The first-order valence-electron chi connectivity index (χ1n) is 7.67. The summed E-state index contributed by atoms with van der Waals surface area (Å²) in [7, 11) is 0. The Morgan fingerprint density at radius 2 is 2.26 bits per heavy atom. The van der Waals surface area contributed by atoms with Gasteiger partial charge in [-0.2, -0.15) is 0 Å². The molecule has 6 nitrogen and oxygen atoms in total. The van der Waals surface area contributed by atoms with Crippen molar-refractivity contribution < 1.29 is 9.32 Å². The molecule has 1 saturated carbocycles. The molecule has 0 unspecified atom stereocenters. The molecule has 3 aromatic rings. The number of nitrogens with zero attached hydrogens (tertiary/aromatic N) is 3. The number of aryl methyl sites for hydroxylation is 1. The first-order chi connectivity index (χ1) is 11.2. The molecule has 23 heavy (non-hydrogen) atoms. The molecule has 1 aliphatic carbocycles. The van der Waals surface area contributed by atoms with E-state index in [4.69, 9.17) is 4.52 Å². The second-order valence-corrected chi connectivity index (χ2v) is 5.82. The average Bonchev–Trinajstić information content (AvgIpc) is 3.37. The maximum atomic E-state index is 12.6. The van der Waals surface area contributed by atoms with E-state index in [9.17, 15) is 4.79 Å². The van der Waals surface area contributed by atoms with Crippen molar-refractivity contribution in [1.82, 2.24) is 20.4 Å². The molecule has 4 rings (SSSR count). The quantitative estimate of drug-likeness (QED) is 0.801. The lowest BCUT2D eigenvalue weighted by Gasteiger charge is -2.07. The van der Waals surface area contributed by atoms with Crippen molar-refractivity contribution in [3.05, 3.63) is 53.1 Å². The Kier molecular flexibility index (Phi) is 3.29. The molecule has 0 spiro atoms. The molecule has 0 aromatic carbocycles. The number of amides is 1. The van der Waals surface area contributed by atoms with Gasteiger partial charge in [0.15, 0.2) is 0 Å². The smallest absolute Gasteiger partial charge is 0.259 e. The van der Waals surface area contributed by atoms with Gasteiger partial charge in [0.2, 0.25) is 0 Å². The van der Waals surface area contributed by atoms with Crippen LogP contribution in [0, 0.1) is 6.92 Å². The summed E-state index contributed by atoms with van der Waals surface area (Å²) in [5.41, 5.74) is 3.42. The molecule has 3 aromatic heterocycles.